The van der Waals surface area contributed by atoms with E-state index in [0.29, 0.717) is 19.4 Å². The van der Waals surface area contributed by atoms with Crippen molar-refractivity contribution in [3.8, 4) is 0 Å². The summed E-state index contributed by atoms with van der Waals surface area (Å²) in [6, 6.07) is 6.48. The zero-order valence-corrected chi connectivity index (χ0v) is 22.7. The van der Waals surface area contributed by atoms with Crippen molar-refractivity contribution in [1.29, 1.82) is 0 Å². The maximum Gasteiger partial charge on any atom is 0.407 e. The second-order valence-corrected chi connectivity index (χ2v) is 12.5. The summed E-state index contributed by atoms with van der Waals surface area (Å²) in [5.41, 5.74) is -0.831. The molecule has 2 saturated heterocycles. The third-order valence-electron chi connectivity index (χ3n) is 6.32. The van der Waals surface area contributed by atoms with E-state index >= 15 is 0 Å². The molecular formula is C25H36F2N4O6S. The molecule has 1 aromatic carbocycles. The minimum absolute atomic E-state index is 0.00393. The van der Waals surface area contributed by atoms with Crippen LogP contribution in [0.4, 0.5) is 13.6 Å². The molecule has 13 heteroatoms. The van der Waals surface area contributed by atoms with E-state index < -0.39 is 58.6 Å². The molecule has 2 aliphatic heterocycles. The molecule has 2 fully saturated rings. The second-order valence-electron chi connectivity index (χ2n) is 10.7. The summed E-state index contributed by atoms with van der Waals surface area (Å²) in [6.07, 6.45) is -0.735. The number of halogens is 2. The zero-order valence-electron chi connectivity index (χ0n) is 21.9. The van der Waals surface area contributed by atoms with Gasteiger partial charge in [-0.25, -0.2) is 26.7 Å². The van der Waals surface area contributed by atoms with E-state index in [1.165, 1.54) is 17.0 Å². The lowest BCUT2D eigenvalue weighted by Gasteiger charge is -2.35. The number of amides is 3. The lowest BCUT2D eigenvalue weighted by molar-refractivity contribution is -0.148. The van der Waals surface area contributed by atoms with Crippen LogP contribution in [0.25, 0.3) is 0 Å². The number of alkyl halides is 2. The van der Waals surface area contributed by atoms with Crippen LogP contribution in [-0.2, 0) is 24.3 Å². The maximum atomic E-state index is 14.0. The number of piperidine rings is 1. The fourth-order valence-corrected chi connectivity index (χ4v) is 5.65. The average Bonchev–Trinajstić information content (AvgIpc) is 3.28. The minimum atomic E-state index is -3.77. The number of rotatable bonds is 9. The number of nitrogens with one attached hydrogen (secondary N) is 2. The number of hydrogen-bond donors (Lipinski definition) is 2. The number of sulfonamides is 1. The van der Waals surface area contributed by atoms with Crippen LogP contribution in [0.3, 0.4) is 0 Å². The molecule has 0 aromatic heterocycles. The van der Waals surface area contributed by atoms with Crippen molar-refractivity contribution in [2.24, 2.45) is 0 Å². The van der Waals surface area contributed by atoms with E-state index in [0.717, 1.165) is 4.90 Å². The van der Waals surface area contributed by atoms with Crippen LogP contribution in [0.1, 0.15) is 52.9 Å². The summed E-state index contributed by atoms with van der Waals surface area (Å²) in [5.74, 6) is -3.91. The van der Waals surface area contributed by atoms with Crippen molar-refractivity contribution < 1.29 is 36.3 Å². The van der Waals surface area contributed by atoms with Crippen LogP contribution < -0.4 is 10.0 Å². The summed E-state index contributed by atoms with van der Waals surface area (Å²) in [7, 11) is -3.77. The van der Waals surface area contributed by atoms with E-state index in [-0.39, 0.29) is 36.7 Å². The van der Waals surface area contributed by atoms with Crippen LogP contribution in [0.5, 0.6) is 0 Å². The highest BCUT2D eigenvalue weighted by Crippen LogP contribution is 2.28. The molecule has 1 aromatic rings. The van der Waals surface area contributed by atoms with Gasteiger partial charge in [0.25, 0.3) is 5.92 Å². The van der Waals surface area contributed by atoms with Crippen molar-refractivity contribution in [2.45, 2.75) is 81.4 Å². The van der Waals surface area contributed by atoms with Gasteiger partial charge in [0.15, 0.2) is 0 Å². The standard InChI is InChI=1S/C25H36F2N4O6S/c1-24(2,3)37-23(34)29-18(16-30-17-25(26,27)12-11-21(30)32)14-22(33)31-13-7-8-19(31)15-28-38(35,36)20-9-5-4-6-10-20/h4-6,9-10,18-19,28H,7-8,11-17H2,1-3H3,(H,29,34)/t18-,19-/m0/s1. The molecule has 0 saturated carbocycles. The highest BCUT2D eigenvalue weighted by atomic mass is 32.2. The molecule has 0 spiro atoms. The van der Waals surface area contributed by atoms with Crippen LogP contribution in [0.2, 0.25) is 0 Å². The molecule has 10 nitrogen and oxygen atoms in total. The smallest absolute Gasteiger partial charge is 0.407 e. The summed E-state index contributed by atoms with van der Waals surface area (Å²) in [5, 5.41) is 2.56. The van der Waals surface area contributed by atoms with E-state index in [9.17, 15) is 31.6 Å². The first-order valence-electron chi connectivity index (χ1n) is 12.6. The van der Waals surface area contributed by atoms with Crippen molar-refractivity contribution in [2.75, 3.05) is 26.2 Å². The molecule has 3 amide bonds. The van der Waals surface area contributed by atoms with Crippen LogP contribution in [-0.4, -0.2) is 85.9 Å². The largest absolute Gasteiger partial charge is 0.444 e. The average molecular weight is 559 g/mol. The Kier molecular flexibility index (Phi) is 9.34. The number of alkyl carbamates (subject to hydrolysis) is 1. The maximum absolute atomic E-state index is 14.0. The zero-order chi connectivity index (χ0) is 28.1. The fourth-order valence-electron chi connectivity index (χ4n) is 4.56. The quantitative estimate of drug-likeness (QED) is 0.480. The third-order valence-corrected chi connectivity index (χ3v) is 7.76. The number of nitrogens with zero attached hydrogens (tertiary/aromatic N) is 2. The van der Waals surface area contributed by atoms with Crippen molar-refractivity contribution in [1.82, 2.24) is 19.8 Å². The van der Waals surface area contributed by atoms with Gasteiger partial charge in [0, 0.05) is 44.9 Å². The fraction of sp³-hybridized carbons (Fsp3) is 0.640. The van der Waals surface area contributed by atoms with Gasteiger partial charge in [0.2, 0.25) is 21.8 Å². The number of likely N-dealkylation sites (tertiary alicyclic amines) is 2. The molecule has 0 radical (unpaired) electrons. The van der Waals surface area contributed by atoms with E-state index in [1.807, 2.05) is 0 Å². The highest BCUT2D eigenvalue weighted by molar-refractivity contribution is 7.89. The Labute approximate surface area is 222 Å². The number of carbonyl (C=O) groups is 3. The molecule has 2 N–H and O–H groups in total. The highest BCUT2D eigenvalue weighted by Gasteiger charge is 2.40. The van der Waals surface area contributed by atoms with Gasteiger partial charge >= 0.3 is 6.09 Å². The molecule has 2 atom stereocenters. The first kappa shape index (κ1) is 29.8. The third kappa shape index (κ3) is 8.62. The van der Waals surface area contributed by atoms with Gasteiger partial charge < -0.3 is 19.9 Å². The number of benzene rings is 1. The summed E-state index contributed by atoms with van der Waals surface area (Å²) in [4.78, 5) is 40.7. The summed E-state index contributed by atoms with van der Waals surface area (Å²) < 4.78 is 61.0. The molecule has 0 unspecified atom stereocenters. The molecule has 212 valence electrons. The predicted molar refractivity (Wildman–Crippen MR) is 135 cm³/mol. The van der Waals surface area contributed by atoms with Crippen LogP contribution >= 0.6 is 0 Å². The van der Waals surface area contributed by atoms with Crippen LogP contribution in [0.15, 0.2) is 35.2 Å². The molecular weight excluding hydrogens is 522 g/mol. The van der Waals surface area contributed by atoms with Gasteiger partial charge in [-0.1, -0.05) is 18.2 Å². The van der Waals surface area contributed by atoms with Crippen LogP contribution in [0, 0.1) is 0 Å². The summed E-state index contributed by atoms with van der Waals surface area (Å²) in [6.45, 7) is 4.30. The lowest BCUT2D eigenvalue weighted by atomic mass is 10.0. The Morgan fingerprint density at radius 1 is 1.21 bits per heavy atom. The predicted octanol–water partition coefficient (Wildman–Crippen LogP) is 2.50. The molecule has 38 heavy (non-hydrogen) atoms. The monoisotopic (exact) mass is 558 g/mol. The topological polar surface area (TPSA) is 125 Å². The van der Waals surface area contributed by atoms with Gasteiger partial charge in [-0.15, -0.1) is 0 Å². The van der Waals surface area contributed by atoms with Crippen molar-refractivity contribution in [3.05, 3.63) is 30.3 Å². The number of ether oxygens (including phenoxy) is 1. The van der Waals surface area contributed by atoms with Crippen molar-refractivity contribution >= 4 is 27.9 Å². The Morgan fingerprint density at radius 3 is 2.55 bits per heavy atom. The first-order valence-corrected chi connectivity index (χ1v) is 14.1. The molecule has 0 aliphatic carbocycles. The molecule has 2 aliphatic rings. The Bertz CT molecular complexity index is 1110. The van der Waals surface area contributed by atoms with Gasteiger partial charge in [0.05, 0.1) is 17.5 Å². The van der Waals surface area contributed by atoms with E-state index in [2.05, 4.69) is 10.0 Å². The van der Waals surface area contributed by atoms with Gasteiger partial charge in [-0.05, 0) is 45.7 Å². The van der Waals surface area contributed by atoms with Gasteiger partial charge in [0.1, 0.15) is 5.60 Å². The Hall–Kier alpha value is -2.80. The Morgan fingerprint density at radius 2 is 1.89 bits per heavy atom. The van der Waals surface area contributed by atoms with E-state index in [4.69, 9.17) is 4.74 Å². The van der Waals surface area contributed by atoms with Gasteiger partial charge in [-0.3, -0.25) is 9.59 Å². The minimum Gasteiger partial charge on any atom is -0.444 e. The summed E-state index contributed by atoms with van der Waals surface area (Å²) >= 11 is 0. The molecule has 3 rings (SSSR count). The number of hydrogen-bond acceptors (Lipinski definition) is 6. The number of carbonyl (C=O) groups excluding carboxylic acids is 3. The van der Waals surface area contributed by atoms with E-state index in [1.54, 1.807) is 39.0 Å². The second kappa shape index (κ2) is 11.9. The SMILES string of the molecule is CC(C)(C)OC(=O)N[C@@H](CC(=O)N1CCC[C@H]1CNS(=O)(=O)c1ccccc1)CN1CC(F)(F)CCC1=O. The van der Waals surface area contributed by atoms with Gasteiger partial charge in [-0.2, -0.15) is 0 Å². The van der Waals surface area contributed by atoms with Crippen molar-refractivity contribution in [3.63, 3.8) is 0 Å². The Balaban J connectivity index is 1.68. The first-order chi connectivity index (χ1) is 17.7. The molecule has 2 heterocycles. The normalized spacial score (nSPS) is 20.8. The molecule has 0 bridgehead atoms. The lowest BCUT2D eigenvalue weighted by Crippen LogP contribution is -2.54.